The van der Waals surface area contributed by atoms with Gasteiger partial charge in [0.2, 0.25) is 0 Å². The van der Waals surface area contributed by atoms with Gasteiger partial charge in [0, 0.05) is 6.54 Å². The highest BCUT2D eigenvalue weighted by molar-refractivity contribution is 5.98. The molecule has 1 amide bonds. The highest BCUT2D eigenvalue weighted by Gasteiger charge is 2.20. The molecule has 0 atom stereocenters. The van der Waals surface area contributed by atoms with E-state index in [0.717, 1.165) is 6.42 Å². The van der Waals surface area contributed by atoms with Crippen LogP contribution in [0.2, 0.25) is 0 Å². The van der Waals surface area contributed by atoms with Crippen molar-refractivity contribution in [1.29, 1.82) is 0 Å². The van der Waals surface area contributed by atoms with Crippen LogP contribution >= 0.6 is 0 Å². The molecule has 0 saturated carbocycles. The van der Waals surface area contributed by atoms with Gasteiger partial charge in [-0.1, -0.05) is 18.9 Å². The third-order valence-electron chi connectivity index (χ3n) is 2.70. The maximum atomic E-state index is 12.5. The van der Waals surface area contributed by atoms with Crippen molar-refractivity contribution in [1.82, 2.24) is 4.90 Å². The molecular weight excluding hydrogens is 242 g/mol. The van der Waals surface area contributed by atoms with Crippen molar-refractivity contribution in [3.05, 3.63) is 23.8 Å². The van der Waals surface area contributed by atoms with E-state index in [9.17, 15) is 4.79 Å². The lowest BCUT2D eigenvalue weighted by Gasteiger charge is -2.21. The zero-order chi connectivity index (χ0) is 14.3. The number of amides is 1. The number of carbonyl (C=O) groups excluding carboxylic acids is 1. The van der Waals surface area contributed by atoms with E-state index in [1.807, 2.05) is 6.92 Å². The molecule has 0 radical (unpaired) electrons. The predicted molar refractivity (Wildman–Crippen MR) is 74.6 cm³/mol. The van der Waals surface area contributed by atoms with Crippen LogP contribution in [0.15, 0.2) is 18.2 Å². The third kappa shape index (κ3) is 3.41. The van der Waals surface area contributed by atoms with Gasteiger partial charge in [-0.25, -0.2) is 0 Å². The largest absolute Gasteiger partial charge is 0.493 e. The molecule has 0 aliphatic rings. The number of benzene rings is 1. The summed E-state index contributed by atoms with van der Waals surface area (Å²) in [5, 5.41) is 0. The number of methoxy groups -OCH3 is 2. The quantitative estimate of drug-likeness (QED) is 0.737. The summed E-state index contributed by atoms with van der Waals surface area (Å²) in [4.78, 5) is 14.1. The standard InChI is InChI=1S/C15H19NO3/c1-5-10-16(11-6-2)15(17)12-8-7-9-13(18-3)14(12)19-4/h1,7-9H,6,10-11H2,2-4H3. The van der Waals surface area contributed by atoms with Gasteiger partial charge in [-0.05, 0) is 18.6 Å². The SMILES string of the molecule is C#CCN(CCC)C(=O)c1cccc(OC)c1OC. The van der Waals surface area contributed by atoms with Crippen LogP contribution in [-0.4, -0.2) is 38.1 Å². The van der Waals surface area contributed by atoms with Crippen molar-refractivity contribution >= 4 is 5.91 Å². The fourth-order valence-electron chi connectivity index (χ4n) is 1.86. The maximum absolute atomic E-state index is 12.5. The van der Waals surface area contributed by atoms with Crippen LogP contribution in [0.25, 0.3) is 0 Å². The van der Waals surface area contributed by atoms with E-state index in [-0.39, 0.29) is 12.5 Å². The van der Waals surface area contributed by atoms with Gasteiger partial charge in [-0.2, -0.15) is 0 Å². The van der Waals surface area contributed by atoms with Crippen LogP contribution in [0.3, 0.4) is 0 Å². The summed E-state index contributed by atoms with van der Waals surface area (Å²) in [6.07, 6.45) is 6.15. The molecule has 4 nitrogen and oxygen atoms in total. The normalized spacial score (nSPS) is 9.58. The van der Waals surface area contributed by atoms with E-state index < -0.39 is 0 Å². The number of nitrogens with zero attached hydrogens (tertiary/aromatic N) is 1. The number of rotatable bonds is 6. The van der Waals surface area contributed by atoms with Crippen LogP contribution in [-0.2, 0) is 0 Å². The third-order valence-corrected chi connectivity index (χ3v) is 2.70. The summed E-state index contributed by atoms with van der Waals surface area (Å²) >= 11 is 0. The van der Waals surface area contributed by atoms with E-state index in [1.165, 1.54) is 14.2 Å². The van der Waals surface area contributed by atoms with Gasteiger partial charge < -0.3 is 14.4 Å². The average molecular weight is 261 g/mol. The Kier molecular flexibility index (Phi) is 5.74. The number of carbonyl (C=O) groups is 1. The van der Waals surface area contributed by atoms with Crippen molar-refractivity contribution in [2.24, 2.45) is 0 Å². The molecular formula is C15H19NO3. The fourth-order valence-corrected chi connectivity index (χ4v) is 1.86. The lowest BCUT2D eigenvalue weighted by atomic mass is 10.1. The maximum Gasteiger partial charge on any atom is 0.258 e. The monoisotopic (exact) mass is 261 g/mol. The van der Waals surface area contributed by atoms with Gasteiger partial charge in [0.1, 0.15) is 0 Å². The summed E-state index contributed by atoms with van der Waals surface area (Å²) in [5.74, 6) is 3.33. The highest BCUT2D eigenvalue weighted by atomic mass is 16.5. The Morgan fingerprint density at radius 3 is 2.63 bits per heavy atom. The van der Waals surface area contributed by atoms with Crippen LogP contribution in [0.5, 0.6) is 11.5 Å². The van der Waals surface area contributed by atoms with Crippen LogP contribution < -0.4 is 9.47 Å². The van der Waals surface area contributed by atoms with E-state index in [4.69, 9.17) is 15.9 Å². The predicted octanol–water partition coefficient (Wildman–Crippen LogP) is 2.19. The van der Waals surface area contributed by atoms with Gasteiger partial charge in [-0.15, -0.1) is 6.42 Å². The molecule has 0 aliphatic carbocycles. The Balaban J connectivity index is 3.13. The first kappa shape index (κ1) is 14.9. The molecule has 0 spiro atoms. The van der Waals surface area contributed by atoms with Gasteiger partial charge in [0.05, 0.1) is 26.3 Å². The molecule has 0 aromatic heterocycles. The molecule has 0 fully saturated rings. The summed E-state index contributed by atoms with van der Waals surface area (Å²) in [6, 6.07) is 5.22. The average Bonchev–Trinajstić information content (AvgIpc) is 2.45. The minimum absolute atomic E-state index is 0.143. The summed E-state index contributed by atoms with van der Waals surface area (Å²) in [5.41, 5.74) is 0.463. The van der Waals surface area contributed by atoms with Crippen molar-refractivity contribution in [2.45, 2.75) is 13.3 Å². The molecule has 4 heteroatoms. The van der Waals surface area contributed by atoms with Crippen LogP contribution in [0.4, 0.5) is 0 Å². The van der Waals surface area contributed by atoms with Gasteiger partial charge in [0.15, 0.2) is 11.5 Å². The number of terminal acetylenes is 1. The smallest absolute Gasteiger partial charge is 0.258 e. The van der Waals surface area contributed by atoms with Crippen molar-refractivity contribution in [2.75, 3.05) is 27.3 Å². The Hall–Kier alpha value is -2.15. The minimum atomic E-state index is -0.143. The summed E-state index contributed by atoms with van der Waals surface area (Å²) in [7, 11) is 3.05. The first-order valence-electron chi connectivity index (χ1n) is 6.13. The van der Waals surface area contributed by atoms with Crippen LogP contribution in [0, 0.1) is 12.3 Å². The fraction of sp³-hybridized carbons (Fsp3) is 0.400. The second-order valence-corrected chi connectivity index (χ2v) is 3.97. The number of ether oxygens (including phenoxy) is 2. The molecule has 0 heterocycles. The minimum Gasteiger partial charge on any atom is -0.493 e. The Bertz CT molecular complexity index is 477. The van der Waals surface area contributed by atoms with Crippen molar-refractivity contribution in [3.63, 3.8) is 0 Å². The summed E-state index contributed by atoms with van der Waals surface area (Å²) < 4.78 is 10.5. The molecule has 19 heavy (non-hydrogen) atoms. The lowest BCUT2D eigenvalue weighted by molar-refractivity contribution is 0.0773. The lowest BCUT2D eigenvalue weighted by Crippen LogP contribution is -2.32. The van der Waals surface area contributed by atoms with Gasteiger partial charge >= 0.3 is 0 Å². The molecule has 0 aliphatic heterocycles. The summed E-state index contributed by atoms with van der Waals surface area (Å²) in [6.45, 7) is 2.90. The Morgan fingerprint density at radius 1 is 1.37 bits per heavy atom. The number of hydrogen-bond donors (Lipinski definition) is 0. The number of hydrogen-bond acceptors (Lipinski definition) is 3. The van der Waals surface area contributed by atoms with Gasteiger partial charge in [0.25, 0.3) is 5.91 Å². The molecule has 1 aromatic rings. The molecule has 0 N–H and O–H groups in total. The number of para-hydroxylation sites is 1. The van der Waals surface area contributed by atoms with Crippen LogP contribution in [0.1, 0.15) is 23.7 Å². The van der Waals surface area contributed by atoms with E-state index in [1.54, 1.807) is 23.1 Å². The van der Waals surface area contributed by atoms with E-state index >= 15 is 0 Å². The molecule has 0 bridgehead atoms. The first-order valence-corrected chi connectivity index (χ1v) is 6.13. The van der Waals surface area contributed by atoms with E-state index in [2.05, 4.69) is 5.92 Å². The Morgan fingerprint density at radius 2 is 2.11 bits per heavy atom. The second kappa shape index (κ2) is 7.32. The zero-order valence-corrected chi connectivity index (χ0v) is 11.6. The Labute approximate surface area is 114 Å². The molecule has 0 saturated heterocycles. The molecule has 102 valence electrons. The second-order valence-electron chi connectivity index (χ2n) is 3.97. The highest BCUT2D eigenvalue weighted by Crippen LogP contribution is 2.31. The topological polar surface area (TPSA) is 38.8 Å². The molecule has 1 aromatic carbocycles. The van der Waals surface area contributed by atoms with E-state index in [0.29, 0.717) is 23.6 Å². The van der Waals surface area contributed by atoms with Crippen molar-refractivity contribution < 1.29 is 14.3 Å². The molecule has 0 unspecified atom stereocenters. The van der Waals surface area contributed by atoms with Gasteiger partial charge in [-0.3, -0.25) is 4.79 Å². The molecule has 1 rings (SSSR count). The first-order chi connectivity index (χ1) is 9.19. The van der Waals surface area contributed by atoms with Crippen molar-refractivity contribution in [3.8, 4) is 23.8 Å². The zero-order valence-electron chi connectivity index (χ0n) is 11.6.